The van der Waals surface area contributed by atoms with E-state index in [9.17, 15) is 0 Å². The molecule has 0 aliphatic carbocycles. The second kappa shape index (κ2) is 5.58. The Kier molecular flexibility index (Phi) is 4.08. The van der Waals surface area contributed by atoms with E-state index in [1.807, 2.05) is 6.92 Å². The van der Waals surface area contributed by atoms with Gasteiger partial charge in [-0.3, -0.25) is 4.90 Å². The van der Waals surface area contributed by atoms with Crippen LogP contribution < -0.4 is 5.73 Å². The molecule has 18 heavy (non-hydrogen) atoms. The van der Waals surface area contributed by atoms with Crippen LogP contribution in [0.15, 0.2) is 0 Å². The molecule has 1 fully saturated rings. The molecule has 1 aliphatic heterocycles. The molecule has 100 valence electrons. The van der Waals surface area contributed by atoms with Crippen molar-refractivity contribution in [3.8, 4) is 0 Å². The van der Waals surface area contributed by atoms with Gasteiger partial charge in [-0.05, 0) is 13.8 Å². The molecule has 0 radical (unpaired) electrons. The topological polar surface area (TPSA) is 77.2 Å². The Morgan fingerprint density at radius 2 is 2.17 bits per heavy atom. The standard InChI is InChI=1S/C12H21N5O/c1-4-10-14-11(16-12(13)15-10)9-7-17(8(2)3)5-6-18-9/h8-9H,4-7H2,1-3H3,(H2,13,14,15,16). The number of aromatic nitrogens is 3. The Bertz CT molecular complexity index is 409. The highest BCUT2D eigenvalue weighted by molar-refractivity contribution is 5.17. The van der Waals surface area contributed by atoms with Crippen LogP contribution in [0.25, 0.3) is 0 Å². The van der Waals surface area contributed by atoms with E-state index < -0.39 is 0 Å². The summed E-state index contributed by atoms with van der Waals surface area (Å²) in [5.74, 6) is 1.66. The largest absolute Gasteiger partial charge is 0.368 e. The number of rotatable bonds is 3. The number of aryl methyl sites for hydroxylation is 1. The summed E-state index contributed by atoms with van der Waals surface area (Å²) >= 11 is 0. The lowest BCUT2D eigenvalue weighted by molar-refractivity contribution is -0.0443. The fourth-order valence-corrected chi connectivity index (χ4v) is 2.05. The summed E-state index contributed by atoms with van der Waals surface area (Å²) in [5, 5.41) is 0. The van der Waals surface area contributed by atoms with Crippen LogP contribution in [-0.4, -0.2) is 45.6 Å². The first kappa shape index (κ1) is 13.2. The van der Waals surface area contributed by atoms with Crippen molar-refractivity contribution in [2.75, 3.05) is 25.4 Å². The maximum absolute atomic E-state index is 5.75. The van der Waals surface area contributed by atoms with Crippen molar-refractivity contribution in [1.29, 1.82) is 0 Å². The molecule has 0 aromatic carbocycles. The third-order valence-corrected chi connectivity index (χ3v) is 3.15. The lowest BCUT2D eigenvalue weighted by Crippen LogP contribution is -2.42. The predicted octanol–water partition coefficient (Wildman–Crippen LogP) is 0.798. The monoisotopic (exact) mass is 251 g/mol. The van der Waals surface area contributed by atoms with Crippen LogP contribution in [-0.2, 0) is 11.2 Å². The first-order chi connectivity index (χ1) is 8.60. The highest BCUT2D eigenvalue weighted by Crippen LogP contribution is 2.21. The van der Waals surface area contributed by atoms with Crippen molar-refractivity contribution in [3.05, 3.63) is 11.6 Å². The van der Waals surface area contributed by atoms with Gasteiger partial charge in [0.05, 0.1) is 6.61 Å². The summed E-state index contributed by atoms with van der Waals surface area (Å²) in [5.41, 5.74) is 5.70. The van der Waals surface area contributed by atoms with Crippen molar-refractivity contribution in [1.82, 2.24) is 19.9 Å². The molecule has 2 heterocycles. The van der Waals surface area contributed by atoms with Crippen molar-refractivity contribution >= 4 is 5.95 Å². The molecule has 2 rings (SSSR count). The zero-order valence-electron chi connectivity index (χ0n) is 11.3. The van der Waals surface area contributed by atoms with Crippen LogP contribution in [0.2, 0.25) is 0 Å². The molecule has 6 nitrogen and oxygen atoms in total. The van der Waals surface area contributed by atoms with Gasteiger partial charge in [0.15, 0.2) is 5.82 Å². The molecular formula is C12H21N5O. The minimum absolute atomic E-state index is 0.100. The molecular weight excluding hydrogens is 230 g/mol. The van der Waals surface area contributed by atoms with Crippen LogP contribution >= 0.6 is 0 Å². The molecule has 0 saturated carbocycles. The van der Waals surface area contributed by atoms with E-state index >= 15 is 0 Å². The summed E-state index contributed by atoms with van der Waals surface area (Å²) in [6.45, 7) is 8.83. The van der Waals surface area contributed by atoms with Crippen molar-refractivity contribution in [2.24, 2.45) is 0 Å². The number of hydrogen-bond donors (Lipinski definition) is 1. The predicted molar refractivity (Wildman–Crippen MR) is 69.0 cm³/mol. The Morgan fingerprint density at radius 1 is 1.39 bits per heavy atom. The van der Waals surface area contributed by atoms with Gasteiger partial charge in [0.25, 0.3) is 0 Å². The van der Waals surface area contributed by atoms with Gasteiger partial charge in [-0.1, -0.05) is 6.92 Å². The third kappa shape index (κ3) is 2.94. The summed E-state index contributed by atoms with van der Waals surface area (Å²) < 4.78 is 5.75. The average molecular weight is 251 g/mol. The van der Waals surface area contributed by atoms with E-state index in [0.717, 1.165) is 25.3 Å². The number of anilines is 1. The molecule has 0 amide bonds. The van der Waals surface area contributed by atoms with E-state index in [1.54, 1.807) is 0 Å². The van der Waals surface area contributed by atoms with Gasteiger partial charge in [-0.15, -0.1) is 0 Å². The first-order valence-electron chi connectivity index (χ1n) is 6.46. The van der Waals surface area contributed by atoms with Crippen molar-refractivity contribution in [3.63, 3.8) is 0 Å². The molecule has 2 N–H and O–H groups in total. The zero-order valence-corrected chi connectivity index (χ0v) is 11.3. The number of nitrogen functional groups attached to an aromatic ring is 1. The van der Waals surface area contributed by atoms with Gasteiger partial charge in [-0.25, -0.2) is 4.98 Å². The second-order valence-corrected chi connectivity index (χ2v) is 4.77. The molecule has 1 aromatic rings. The second-order valence-electron chi connectivity index (χ2n) is 4.77. The highest BCUT2D eigenvalue weighted by Gasteiger charge is 2.26. The number of hydrogen-bond acceptors (Lipinski definition) is 6. The molecule has 6 heteroatoms. The Hall–Kier alpha value is -1.27. The number of morpholine rings is 1. The van der Waals surface area contributed by atoms with Gasteiger partial charge in [-0.2, -0.15) is 9.97 Å². The van der Waals surface area contributed by atoms with Gasteiger partial charge < -0.3 is 10.5 Å². The van der Waals surface area contributed by atoms with E-state index in [4.69, 9.17) is 10.5 Å². The van der Waals surface area contributed by atoms with Crippen LogP contribution in [0.4, 0.5) is 5.95 Å². The maximum atomic E-state index is 5.75. The number of nitrogens with two attached hydrogens (primary N) is 1. The van der Waals surface area contributed by atoms with Crippen LogP contribution in [0.5, 0.6) is 0 Å². The quantitative estimate of drug-likeness (QED) is 0.856. The Morgan fingerprint density at radius 3 is 2.83 bits per heavy atom. The summed E-state index contributed by atoms with van der Waals surface area (Å²) in [7, 11) is 0. The smallest absolute Gasteiger partial charge is 0.223 e. The van der Waals surface area contributed by atoms with E-state index in [2.05, 4.69) is 33.7 Å². The van der Waals surface area contributed by atoms with Crippen LogP contribution in [0.1, 0.15) is 38.5 Å². The van der Waals surface area contributed by atoms with Crippen LogP contribution in [0.3, 0.4) is 0 Å². The van der Waals surface area contributed by atoms with E-state index in [1.165, 1.54) is 0 Å². The molecule has 1 aromatic heterocycles. The maximum Gasteiger partial charge on any atom is 0.223 e. The van der Waals surface area contributed by atoms with Crippen LogP contribution in [0, 0.1) is 0 Å². The molecule has 0 bridgehead atoms. The van der Waals surface area contributed by atoms with Gasteiger partial charge in [0, 0.05) is 25.6 Å². The van der Waals surface area contributed by atoms with Crippen molar-refractivity contribution < 1.29 is 4.74 Å². The normalized spacial score (nSPS) is 21.4. The fourth-order valence-electron chi connectivity index (χ4n) is 2.05. The summed E-state index contributed by atoms with van der Waals surface area (Å²) in [4.78, 5) is 15.1. The minimum atomic E-state index is -0.100. The zero-order chi connectivity index (χ0) is 13.1. The van der Waals surface area contributed by atoms with E-state index in [-0.39, 0.29) is 12.1 Å². The molecule has 0 spiro atoms. The molecule has 1 atom stereocenters. The Labute approximate surface area is 108 Å². The molecule has 1 aliphatic rings. The fraction of sp³-hybridized carbons (Fsp3) is 0.750. The lowest BCUT2D eigenvalue weighted by atomic mass is 10.2. The SMILES string of the molecule is CCc1nc(N)nc(C2CN(C(C)C)CCO2)n1. The van der Waals surface area contributed by atoms with Crippen molar-refractivity contribution in [2.45, 2.75) is 39.3 Å². The highest BCUT2D eigenvalue weighted by atomic mass is 16.5. The number of nitrogens with zero attached hydrogens (tertiary/aromatic N) is 4. The Balaban J connectivity index is 2.17. The minimum Gasteiger partial charge on any atom is -0.368 e. The molecule has 1 saturated heterocycles. The summed E-state index contributed by atoms with van der Waals surface area (Å²) in [6, 6.07) is 0.501. The van der Waals surface area contributed by atoms with E-state index in [0.29, 0.717) is 18.5 Å². The first-order valence-corrected chi connectivity index (χ1v) is 6.46. The number of ether oxygens (including phenoxy) is 1. The average Bonchev–Trinajstić information content (AvgIpc) is 2.38. The van der Waals surface area contributed by atoms with Gasteiger partial charge >= 0.3 is 0 Å². The van der Waals surface area contributed by atoms with Gasteiger partial charge in [0.2, 0.25) is 5.95 Å². The third-order valence-electron chi connectivity index (χ3n) is 3.15. The molecule has 1 unspecified atom stereocenters. The lowest BCUT2D eigenvalue weighted by Gasteiger charge is -2.34. The summed E-state index contributed by atoms with van der Waals surface area (Å²) in [6.07, 6.45) is 0.650. The van der Waals surface area contributed by atoms with Gasteiger partial charge in [0.1, 0.15) is 11.9 Å².